The molecule has 6 heteroatoms. The van der Waals surface area contributed by atoms with Crippen molar-refractivity contribution in [3.05, 3.63) is 29.8 Å². The summed E-state index contributed by atoms with van der Waals surface area (Å²) in [6.07, 6.45) is 1.50. The summed E-state index contributed by atoms with van der Waals surface area (Å²) in [5.41, 5.74) is 0.312. The van der Waals surface area contributed by atoms with Gasteiger partial charge in [-0.2, -0.15) is 0 Å². The van der Waals surface area contributed by atoms with Crippen molar-refractivity contribution in [3.8, 4) is 5.75 Å². The van der Waals surface area contributed by atoms with Gasteiger partial charge in [0.2, 0.25) is 0 Å². The molecule has 1 N–H and O–H groups in total. The van der Waals surface area contributed by atoms with Gasteiger partial charge in [0.25, 0.3) is 5.91 Å². The molecule has 0 aliphatic heterocycles. The molecule has 0 aromatic heterocycles. The molecule has 1 aliphatic carbocycles. The maximum atomic E-state index is 12.2. The zero-order valence-corrected chi connectivity index (χ0v) is 11.9. The number of carbonyl (C=O) groups excluding carboxylic acids is 3. The van der Waals surface area contributed by atoms with Gasteiger partial charge in [-0.05, 0) is 31.0 Å². The molecule has 2 rings (SSSR count). The molecule has 1 aromatic rings. The molecule has 0 heterocycles. The number of methoxy groups -OCH3 is 2. The summed E-state index contributed by atoms with van der Waals surface area (Å²) in [7, 11) is 2.68. The van der Waals surface area contributed by atoms with Gasteiger partial charge in [-0.3, -0.25) is 9.59 Å². The second-order valence-corrected chi connectivity index (χ2v) is 4.84. The first-order chi connectivity index (χ1) is 10.1. The molecule has 0 radical (unpaired) electrons. The minimum atomic E-state index is -1.25. The van der Waals surface area contributed by atoms with Crippen LogP contribution in [-0.4, -0.2) is 37.9 Å². The average molecular weight is 291 g/mol. The van der Waals surface area contributed by atoms with E-state index in [1.165, 1.54) is 20.3 Å². The van der Waals surface area contributed by atoms with Gasteiger partial charge in [-0.15, -0.1) is 0 Å². The molecule has 21 heavy (non-hydrogen) atoms. The number of ketones is 1. The lowest BCUT2D eigenvalue weighted by Crippen LogP contribution is -2.47. The molecule has 6 nitrogen and oxygen atoms in total. The standard InChI is InChI=1S/C15H17NO5/c1-20-11-5-3-4-10(8-11)14(18)16-12(15(19)21-2)13(17)9-6-7-9/h3-5,8-9,12H,6-7H2,1-2H3,(H,16,18). The van der Waals surface area contributed by atoms with Crippen LogP contribution in [0.4, 0.5) is 0 Å². The zero-order chi connectivity index (χ0) is 15.4. The SMILES string of the molecule is COC(=O)C(NC(=O)c1cccc(OC)c1)C(=O)C1CC1. The predicted molar refractivity (Wildman–Crippen MR) is 74.0 cm³/mol. The molecule has 1 aliphatic rings. The minimum absolute atomic E-state index is 0.153. The lowest BCUT2D eigenvalue weighted by Gasteiger charge is -2.15. The summed E-state index contributed by atoms with van der Waals surface area (Å²) in [5, 5.41) is 2.44. The van der Waals surface area contributed by atoms with Crippen LogP contribution in [0.5, 0.6) is 5.75 Å². The van der Waals surface area contributed by atoms with Crippen molar-refractivity contribution in [1.82, 2.24) is 5.32 Å². The quantitative estimate of drug-likeness (QED) is 0.623. The molecule has 0 bridgehead atoms. The van der Waals surface area contributed by atoms with E-state index in [4.69, 9.17) is 4.74 Å². The minimum Gasteiger partial charge on any atom is -0.497 e. The Hall–Kier alpha value is -2.37. The highest BCUT2D eigenvalue weighted by molar-refractivity contribution is 6.09. The van der Waals surface area contributed by atoms with Crippen molar-refractivity contribution in [3.63, 3.8) is 0 Å². The van der Waals surface area contributed by atoms with Crippen molar-refractivity contribution >= 4 is 17.7 Å². The van der Waals surface area contributed by atoms with E-state index in [0.717, 1.165) is 12.8 Å². The van der Waals surface area contributed by atoms with Crippen molar-refractivity contribution in [2.75, 3.05) is 14.2 Å². The highest BCUT2D eigenvalue weighted by Crippen LogP contribution is 2.31. The van der Waals surface area contributed by atoms with E-state index < -0.39 is 17.9 Å². The first-order valence-electron chi connectivity index (χ1n) is 6.63. The van der Waals surface area contributed by atoms with Crippen LogP contribution < -0.4 is 10.1 Å². The smallest absolute Gasteiger partial charge is 0.336 e. The van der Waals surface area contributed by atoms with Crippen LogP contribution in [0.15, 0.2) is 24.3 Å². The second-order valence-electron chi connectivity index (χ2n) is 4.84. The Morgan fingerprint density at radius 1 is 1.24 bits per heavy atom. The van der Waals surface area contributed by atoms with Crippen LogP contribution >= 0.6 is 0 Å². The number of benzene rings is 1. The van der Waals surface area contributed by atoms with Crippen LogP contribution in [-0.2, 0) is 14.3 Å². The topological polar surface area (TPSA) is 81.7 Å². The van der Waals surface area contributed by atoms with Gasteiger partial charge in [-0.1, -0.05) is 6.07 Å². The average Bonchev–Trinajstić information content (AvgIpc) is 3.35. The summed E-state index contributed by atoms with van der Waals surface area (Å²) < 4.78 is 9.63. The summed E-state index contributed by atoms with van der Waals surface area (Å²) in [4.78, 5) is 35.9. The van der Waals surface area contributed by atoms with Crippen molar-refractivity contribution in [2.45, 2.75) is 18.9 Å². The van der Waals surface area contributed by atoms with Gasteiger partial charge in [0.05, 0.1) is 14.2 Å². The van der Waals surface area contributed by atoms with Gasteiger partial charge in [0.15, 0.2) is 11.8 Å². The molecular formula is C15H17NO5. The highest BCUT2D eigenvalue weighted by Gasteiger charge is 2.39. The lowest BCUT2D eigenvalue weighted by molar-refractivity contribution is -0.146. The summed E-state index contributed by atoms with van der Waals surface area (Å²) in [6.45, 7) is 0. The number of rotatable bonds is 6. The van der Waals surface area contributed by atoms with Gasteiger partial charge in [0.1, 0.15) is 5.75 Å². The fourth-order valence-electron chi connectivity index (χ4n) is 1.95. The van der Waals surface area contributed by atoms with E-state index in [9.17, 15) is 14.4 Å². The van der Waals surface area contributed by atoms with E-state index in [1.54, 1.807) is 18.2 Å². The third-order valence-corrected chi connectivity index (χ3v) is 3.31. The molecule has 112 valence electrons. The Kier molecular flexibility index (Phi) is 4.57. The molecule has 0 saturated heterocycles. The van der Waals surface area contributed by atoms with Crippen LogP contribution in [0.2, 0.25) is 0 Å². The number of hydrogen-bond acceptors (Lipinski definition) is 5. The largest absolute Gasteiger partial charge is 0.497 e. The van der Waals surface area contributed by atoms with Gasteiger partial charge >= 0.3 is 5.97 Å². The first kappa shape index (κ1) is 15.0. The Balaban J connectivity index is 2.13. The Morgan fingerprint density at radius 2 is 1.95 bits per heavy atom. The lowest BCUT2D eigenvalue weighted by atomic mass is 10.1. The zero-order valence-electron chi connectivity index (χ0n) is 11.9. The number of esters is 1. The highest BCUT2D eigenvalue weighted by atomic mass is 16.5. The maximum absolute atomic E-state index is 12.2. The maximum Gasteiger partial charge on any atom is 0.336 e. The monoisotopic (exact) mass is 291 g/mol. The van der Waals surface area contributed by atoms with Crippen molar-refractivity contribution < 1.29 is 23.9 Å². The van der Waals surface area contributed by atoms with E-state index in [2.05, 4.69) is 10.1 Å². The van der Waals surface area contributed by atoms with Gasteiger partial charge in [-0.25, -0.2) is 4.79 Å². The van der Waals surface area contributed by atoms with E-state index in [1.807, 2.05) is 0 Å². The number of ether oxygens (including phenoxy) is 2. The predicted octanol–water partition coefficient (Wildman–Crippen LogP) is 0.946. The number of carbonyl (C=O) groups is 3. The van der Waals surface area contributed by atoms with Crippen LogP contribution in [0.3, 0.4) is 0 Å². The third-order valence-electron chi connectivity index (χ3n) is 3.31. The van der Waals surface area contributed by atoms with E-state index >= 15 is 0 Å². The molecule has 1 saturated carbocycles. The molecule has 0 spiro atoms. The third kappa shape index (κ3) is 3.59. The Bertz CT molecular complexity index is 565. The van der Waals surface area contributed by atoms with Crippen molar-refractivity contribution in [2.24, 2.45) is 5.92 Å². The number of nitrogens with one attached hydrogen (secondary N) is 1. The molecule has 1 amide bonds. The van der Waals surface area contributed by atoms with Crippen LogP contribution in [0, 0.1) is 5.92 Å². The van der Waals surface area contributed by atoms with E-state index in [0.29, 0.717) is 11.3 Å². The summed E-state index contributed by atoms with van der Waals surface area (Å²) in [5.74, 6) is -1.19. The second kappa shape index (κ2) is 6.39. The van der Waals surface area contributed by atoms with E-state index in [-0.39, 0.29) is 11.7 Å². The summed E-state index contributed by atoms with van der Waals surface area (Å²) in [6, 6.07) is 5.22. The molecule has 1 atom stereocenters. The first-order valence-corrected chi connectivity index (χ1v) is 6.63. The summed E-state index contributed by atoms with van der Waals surface area (Å²) >= 11 is 0. The van der Waals surface area contributed by atoms with Crippen LogP contribution in [0.1, 0.15) is 23.2 Å². The Morgan fingerprint density at radius 3 is 2.52 bits per heavy atom. The van der Waals surface area contributed by atoms with Gasteiger partial charge < -0.3 is 14.8 Å². The molecule has 1 fully saturated rings. The molecular weight excluding hydrogens is 274 g/mol. The Labute approximate surface area is 122 Å². The van der Waals surface area contributed by atoms with Gasteiger partial charge in [0, 0.05) is 11.5 Å². The number of hydrogen-bond donors (Lipinski definition) is 1. The fourth-order valence-corrected chi connectivity index (χ4v) is 1.95. The number of Topliss-reactive ketones (excluding diaryl/α,β-unsaturated/α-hetero) is 1. The number of amides is 1. The fraction of sp³-hybridized carbons (Fsp3) is 0.400. The molecule has 1 unspecified atom stereocenters. The molecule has 1 aromatic carbocycles. The van der Waals surface area contributed by atoms with Crippen LogP contribution in [0.25, 0.3) is 0 Å². The van der Waals surface area contributed by atoms with Crippen molar-refractivity contribution in [1.29, 1.82) is 0 Å². The normalized spacial score (nSPS) is 15.0.